The van der Waals surface area contributed by atoms with Crippen LogP contribution >= 0.6 is 22.9 Å². The maximum Gasteiger partial charge on any atom is 0.218 e. The highest BCUT2D eigenvalue weighted by atomic mass is 35.5. The summed E-state index contributed by atoms with van der Waals surface area (Å²) in [6, 6.07) is 9.20. The van der Waals surface area contributed by atoms with Crippen LogP contribution in [0.2, 0.25) is 5.02 Å². The average molecular weight is 342 g/mol. The summed E-state index contributed by atoms with van der Waals surface area (Å²) in [4.78, 5) is 0. The van der Waals surface area contributed by atoms with Gasteiger partial charge in [-0.3, -0.25) is 0 Å². The van der Waals surface area contributed by atoms with Crippen LogP contribution in [0.4, 0.5) is 0 Å². The molecule has 0 unspecified atom stereocenters. The predicted octanol–water partition coefficient (Wildman–Crippen LogP) is 3.90. The van der Waals surface area contributed by atoms with Crippen LogP contribution in [0.3, 0.4) is 0 Å². The quantitative estimate of drug-likeness (QED) is 0.799. The number of sulfonamides is 1. The van der Waals surface area contributed by atoms with Crippen LogP contribution < -0.4 is 0 Å². The maximum absolute atomic E-state index is 12.7. The molecule has 1 aliphatic rings. The number of thiophene rings is 1. The summed E-state index contributed by atoms with van der Waals surface area (Å²) in [6.07, 6.45) is 1.91. The molecule has 0 spiro atoms. The molecule has 1 saturated carbocycles. The Hall–Kier alpha value is -0.880. The van der Waals surface area contributed by atoms with E-state index in [9.17, 15) is 8.42 Å². The molecule has 0 bridgehead atoms. The van der Waals surface area contributed by atoms with Crippen molar-refractivity contribution in [2.75, 3.05) is 0 Å². The lowest BCUT2D eigenvalue weighted by Crippen LogP contribution is -2.33. The van der Waals surface area contributed by atoms with E-state index >= 15 is 0 Å². The second-order valence-corrected chi connectivity index (χ2v) is 8.43. The van der Waals surface area contributed by atoms with Gasteiger partial charge < -0.3 is 0 Å². The molecule has 0 atom stereocenters. The third kappa shape index (κ3) is 3.86. The van der Waals surface area contributed by atoms with Crippen molar-refractivity contribution in [3.63, 3.8) is 0 Å². The van der Waals surface area contributed by atoms with Gasteiger partial charge in [0, 0.05) is 17.6 Å². The first kappa shape index (κ1) is 15.0. The van der Waals surface area contributed by atoms with Gasteiger partial charge in [0.25, 0.3) is 0 Å². The average Bonchev–Trinajstić information content (AvgIpc) is 3.11. The monoisotopic (exact) mass is 341 g/mol. The molecule has 112 valence electrons. The van der Waals surface area contributed by atoms with E-state index in [4.69, 9.17) is 11.6 Å². The van der Waals surface area contributed by atoms with E-state index in [0.717, 1.165) is 24.0 Å². The summed E-state index contributed by atoms with van der Waals surface area (Å²) in [5, 5.41) is 4.55. The van der Waals surface area contributed by atoms with E-state index in [1.165, 1.54) is 0 Å². The molecule has 0 aliphatic heterocycles. The third-order valence-corrected chi connectivity index (χ3v) is 6.28. The molecule has 21 heavy (non-hydrogen) atoms. The normalized spacial score (nSPS) is 15.5. The zero-order valence-corrected chi connectivity index (χ0v) is 13.8. The number of hydrogen-bond donors (Lipinski definition) is 0. The fraction of sp³-hybridized carbons (Fsp3) is 0.333. The van der Waals surface area contributed by atoms with Crippen molar-refractivity contribution in [3.05, 3.63) is 57.2 Å². The van der Waals surface area contributed by atoms with E-state index < -0.39 is 10.0 Å². The fourth-order valence-corrected chi connectivity index (χ4v) is 4.95. The Bertz CT molecular complexity index is 709. The number of rotatable bonds is 6. The Labute approximate surface area is 134 Å². The molecule has 0 saturated heterocycles. The van der Waals surface area contributed by atoms with Crippen LogP contribution in [-0.4, -0.2) is 18.8 Å². The molecule has 0 amide bonds. The third-order valence-electron chi connectivity index (χ3n) is 3.47. The van der Waals surface area contributed by atoms with E-state index in [-0.39, 0.29) is 11.8 Å². The molecule has 3 rings (SSSR count). The highest BCUT2D eigenvalue weighted by Crippen LogP contribution is 2.32. The fourth-order valence-electron chi connectivity index (χ4n) is 2.30. The Kier molecular flexibility index (Phi) is 4.36. The molecular weight excluding hydrogens is 326 g/mol. The van der Waals surface area contributed by atoms with Crippen molar-refractivity contribution in [3.8, 4) is 0 Å². The Morgan fingerprint density at radius 3 is 2.67 bits per heavy atom. The van der Waals surface area contributed by atoms with Crippen LogP contribution in [0, 0.1) is 0 Å². The van der Waals surface area contributed by atoms with Crippen LogP contribution in [0.1, 0.15) is 24.0 Å². The van der Waals surface area contributed by atoms with Gasteiger partial charge in [-0.05, 0) is 52.9 Å². The van der Waals surface area contributed by atoms with E-state index in [1.54, 1.807) is 39.9 Å². The first-order valence-corrected chi connectivity index (χ1v) is 9.72. The van der Waals surface area contributed by atoms with Crippen LogP contribution in [-0.2, 0) is 22.3 Å². The van der Waals surface area contributed by atoms with Gasteiger partial charge in [0.15, 0.2) is 0 Å². The molecule has 0 radical (unpaired) electrons. The van der Waals surface area contributed by atoms with Crippen LogP contribution in [0.5, 0.6) is 0 Å². The standard InChI is InChI=1S/C15H16ClNO2S2/c16-14-3-1-2-12(8-14)11-21(18,19)17(15-4-5-15)9-13-6-7-20-10-13/h1-3,6-8,10,15H,4-5,9,11H2. The van der Waals surface area contributed by atoms with Crippen molar-refractivity contribution in [2.45, 2.75) is 31.2 Å². The van der Waals surface area contributed by atoms with Crippen molar-refractivity contribution >= 4 is 33.0 Å². The summed E-state index contributed by atoms with van der Waals surface area (Å²) < 4.78 is 27.1. The van der Waals surface area contributed by atoms with Gasteiger partial charge in [0.2, 0.25) is 10.0 Å². The number of nitrogens with zero attached hydrogens (tertiary/aromatic N) is 1. The Morgan fingerprint density at radius 2 is 2.05 bits per heavy atom. The van der Waals surface area contributed by atoms with Gasteiger partial charge in [-0.2, -0.15) is 15.6 Å². The zero-order valence-electron chi connectivity index (χ0n) is 11.4. The van der Waals surface area contributed by atoms with Crippen LogP contribution in [0.25, 0.3) is 0 Å². The first-order chi connectivity index (χ1) is 10.0. The Balaban J connectivity index is 1.80. The molecule has 6 heteroatoms. The van der Waals surface area contributed by atoms with Gasteiger partial charge in [-0.15, -0.1) is 0 Å². The lowest BCUT2D eigenvalue weighted by atomic mass is 10.2. The minimum absolute atomic E-state index is 0.00813. The molecule has 1 fully saturated rings. The van der Waals surface area contributed by atoms with Gasteiger partial charge >= 0.3 is 0 Å². The van der Waals surface area contributed by atoms with Crippen molar-refractivity contribution in [1.29, 1.82) is 0 Å². The zero-order chi connectivity index (χ0) is 14.9. The molecule has 1 aromatic heterocycles. The molecule has 1 aromatic carbocycles. The predicted molar refractivity (Wildman–Crippen MR) is 87.0 cm³/mol. The lowest BCUT2D eigenvalue weighted by Gasteiger charge is -2.21. The number of halogens is 1. The van der Waals surface area contributed by atoms with Gasteiger partial charge in [-0.25, -0.2) is 8.42 Å². The minimum Gasteiger partial charge on any atom is -0.212 e. The SMILES string of the molecule is O=S(=O)(Cc1cccc(Cl)c1)N(Cc1ccsc1)C1CC1. The molecular formula is C15H16ClNO2S2. The van der Waals surface area contributed by atoms with Crippen LogP contribution in [0.15, 0.2) is 41.1 Å². The van der Waals surface area contributed by atoms with Gasteiger partial charge in [0.05, 0.1) is 5.75 Å². The lowest BCUT2D eigenvalue weighted by molar-refractivity contribution is 0.398. The van der Waals surface area contributed by atoms with Gasteiger partial charge in [0.1, 0.15) is 0 Å². The van der Waals surface area contributed by atoms with E-state index in [0.29, 0.717) is 11.6 Å². The van der Waals surface area contributed by atoms with Crippen molar-refractivity contribution in [2.24, 2.45) is 0 Å². The largest absolute Gasteiger partial charge is 0.218 e. The second-order valence-electron chi connectivity index (χ2n) is 5.29. The number of benzene rings is 1. The molecule has 1 aliphatic carbocycles. The topological polar surface area (TPSA) is 37.4 Å². The first-order valence-electron chi connectivity index (χ1n) is 6.80. The number of hydrogen-bond acceptors (Lipinski definition) is 3. The minimum atomic E-state index is -3.33. The second kappa shape index (κ2) is 6.08. The highest BCUT2D eigenvalue weighted by Gasteiger charge is 2.37. The highest BCUT2D eigenvalue weighted by molar-refractivity contribution is 7.88. The summed E-state index contributed by atoms with van der Waals surface area (Å²) in [5.74, 6) is 0.00813. The maximum atomic E-state index is 12.7. The summed E-state index contributed by atoms with van der Waals surface area (Å²) >= 11 is 7.53. The summed E-state index contributed by atoms with van der Waals surface area (Å²) in [5.41, 5.74) is 1.79. The molecule has 0 N–H and O–H groups in total. The van der Waals surface area contributed by atoms with E-state index in [1.807, 2.05) is 16.8 Å². The Morgan fingerprint density at radius 1 is 1.24 bits per heavy atom. The summed E-state index contributed by atoms with van der Waals surface area (Å²) in [7, 11) is -3.33. The van der Waals surface area contributed by atoms with Crippen molar-refractivity contribution < 1.29 is 8.42 Å². The van der Waals surface area contributed by atoms with Crippen molar-refractivity contribution in [1.82, 2.24) is 4.31 Å². The molecule has 2 aromatic rings. The molecule has 3 nitrogen and oxygen atoms in total. The smallest absolute Gasteiger partial charge is 0.212 e. The van der Waals surface area contributed by atoms with E-state index in [2.05, 4.69) is 0 Å². The van der Waals surface area contributed by atoms with Gasteiger partial charge in [-0.1, -0.05) is 23.7 Å². The summed E-state index contributed by atoms with van der Waals surface area (Å²) in [6.45, 7) is 0.469. The molecule has 1 heterocycles.